The topological polar surface area (TPSA) is 65.0 Å². The van der Waals surface area contributed by atoms with Crippen molar-refractivity contribution in [1.82, 2.24) is 0 Å². The van der Waals surface area contributed by atoms with Crippen molar-refractivity contribution in [2.24, 2.45) is 11.8 Å². The molecule has 5 heteroatoms. The van der Waals surface area contributed by atoms with Gasteiger partial charge in [0.2, 0.25) is 0 Å². The second-order valence-electron chi connectivity index (χ2n) is 6.80. The molecule has 1 aromatic carbocycles. The Morgan fingerprint density at radius 3 is 2.67 bits per heavy atom. The van der Waals surface area contributed by atoms with E-state index in [-0.39, 0.29) is 18.5 Å². The smallest absolute Gasteiger partial charge is 0.338 e. The normalized spacial score (nSPS) is 33.3. The predicted octanol–water partition coefficient (Wildman–Crippen LogP) is 2.77. The average Bonchev–Trinajstić information content (AvgIpc) is 2.63. The number of esters is 1. The lowest BCUT2D eigenvalue weighted by atomic mass is 9.86. The first kappa shape index (κ1) is 17.4. The van der Waals surface area contributed by atoms with Gasteiger partial charge in [0.05, 0.1) is 25.4 Å². The molecule has 1 spiro atoms. The van der Waals surface area contributed by atoms with Gasteiger partial charge in [0.1, 0.15) is 6.10 Å². The highest BCUT2D eigenvalue weighted by molar-refractivity contribution is 5.89. The van der Waals surface area contributed by atoms with Crippen LogP contribution in [0, 0.1) is 11.8 Å². The zero-order chi connectivity index (χ0) is 17.0. The number of benzene rings is 1. The molecule has 24 heavy (non-hydrogen) atoms. The third kappa shape index (κ3) is 3.79. The molecule has 0 unspecified atom stereocenters. The summed E-state index contributed by atoms with van der Waals surface area (Å²) in [5, 5.41) is 9.60. The lowest BCUT2D eigenvalue weighted by Crippen LogP contribution is -2.53. The van der Waals surface area contributed by atoms with Crippen molar-refractivity contribution < 1.29 is 24.1 Å². The second kappa shape index (κ2) is 7.64. The molecule has 0 saturated carbocycles. The molecule has 5 nitrogen and oxygen atoms in total. The Labute approximate surface area is 142 Å². The molecule has 2 aliphatic heterocycles. The van der Waals surface area contributed by atoms with Crippen molar-refractivity contribution in [1.29, 1.82) is 0 Å². The first-order valence-corrected chi connectivity index (χ1v) is 8.80. The van der Waals surface area contributed by atoms with E-state index >= 15 is 0 Å². The lowest BCUT2D eigenvalue weighted by Gasteiger charge is -2.46. The fourth-order valence-electron chi connectivity index (χ4n) is 3.43. The summed E-state index contributed by atoms with van der Waals surface area (Å²) in [6.07, 6.45) is 3.05. The molecule has 1 N–H and O–H groups in total. The Kier molecular flexibility index (Phi) is 5.54. The Bertz CT molecular complexity index is 530. The quantitative estimate of drug-likeness (QED) is 0.858. The number of hydrogen-bond donors (Lipinski definition) is 1. The summed E-state index contributed by atoms with van der Waals surface area (Å²) in [5.74, 6) is -0.673. The highest BCUT2D eigenvalue weighted by atomic mass is 16.7. The van der Waals surface area contributed by atoms with Gasteiger partial charge in [0, 0.05) is 18.8 Å². The highest BCUT2D eigenvalue weighted by Crippen LogP contribution is 2.39. The minimum Gasteiger partial charge on any atom is -0.458 e. The number of ether oxygens (including phenoxy) is 3. The molecule has 0 aromatic heterocycles. The van der Waals surface area contributed by atoms with E-state index in [2.05, 4.69) is 6.92 Å². The van der Waals surface area contributed by atoms with Crippen LogP contribution in [0.15, 0.2) is 30.3 Å². The van der Waals surface area contributed by atoms with Crippen LogP contribution < -0.4 is 0 Å². The zero-order valence-electron chi connectivity index (χ0n) is 14.1. The first-order chi connectivity index (χ1) is 11.7. The predicted molar refractivity (Wildman–Crippen MR) is 88.5 cm³/mol. The van der Waals surface area contributed by atoms with Crippen LogP contribution in [-0.4, -0.2) is 42.8 Å². The molecule has 1 aromatic rings. The maximum Gasteiger partial charge on any atom is 0.338 e. The largest absolute Gasteiger partial charge is 0.458 e. The maximum atomic E-state index is 12.4. The number of rotatable bonds is 4. The molecular formula is C19H26O5. The van der Waals surface area contributed by atoms with Gasteiger partial charge < -0.3 is 19.3 Å². The summed E-state index contributed by atoms with van der Waals surface area (Å²) in [4.78, 5) is 12.4. The maximum absolute atomic E-state index is 12.4. The van der Waals surface area contributed by atoms with Crippen LogP contribution in [0.5, 0.6) is 0 Å². The van der Waals surface area contributed by atoms with Gasteiger partial charge in [-0.25, -0.2) is 4.79 Å². The monoisotopic (exact) mass is 334 g/mol. The van der Waals surface area contributed by atoms with E-state index in [0.717, 1.165) is 19.3 Å². The number of carbonyl (C=O) groups is 1. The average molecular weight is 334 g/mol. The van der Waals surface area contributed by atoms with Crippen LogP contribution in [0.3, 0.4) is 0 Å². The van der Waals surface area contributed by atoms with Crippen molar-refractivity contribution in [3.8, 4) is 0 Å². The summed E-state index contributed by atoms with van der Waals surface area (Å²) < 4.78 is 17.7. The number of carbonyl (C=O) groups excluding carboxylic acids is 1. The molecule has 2 aliphatic rings. The van der Waals surface area contributed by atoms with E-state index in [1.807, 2.05) is 6.07 Å². The second-order valence-corrected chi connectivity index (χ2v) is 6.80. The Balaban J connectivity index is 1.67. The third-order valence-electron chi connectivity index (χ3n) is 5.19. The van der Waals surface area contributed by atoms with E-state index in [9.17, 15) is 9.90 Å². The van der Waals surface area contributed by atoms with Crippen molar-refractivity contribution >= 4 is 5.97 Å². The van der Waals surface area contributed by atoms with Crippen LogP contribution in [0.25, 0.3) is 0 Å². The van der Waals surface area contributed by atoms with Gasteiger partial charge in [-0.15, -0.1) is 0 Å². The van der Waals surface area contributed by atoms with Gasteiger partial charge in [-0.1, -0.05) is 31.5 Å². The SMILES string of the molecule is CC[C@@H]1CC[C@@]2(C[C@H](OC(=O)c3ccccc3)[C@H](CO)CO2)OC1. The molecule has 132 valence electrons. The molecule has 4 atom stereocenters. The molecule has 2 fully saturated rings. The Morgan fingerprint density at radius 1 is 1.29 bits per heavy atom. The van der Waals surface area contributed by atoms with Gasteiger partial charge in [0.25, 0.3) is 0 Å². The minimum atomic E-state index is -0.668. The molecule has 0 radical (unpaired) electrons. The standard InChI is InChI=1S/C19H26O5/c1-2-14-8-9-19(22-12-14)10-17(16(11-20)13-23-19)24-18(21)15-6-4-3-5-7-15/h3-7,14,16-17,20H,2,8-13H2,1H3/t14-,16-,17+,19-/m1/s1. The molecule has 2 saturated heterocycles. The number of aliphatic hydroxyl groups is 1. The molecule has 0 bridgehead atoms. The fourth-order valence-corrected chi connectivity index (χ4v) is 3.43. The van der Waals surface area contributed by atoms with E-state index in [4.69, 9.17) is 14.2 Å². The van der Waals surface area contributed by atoms with Crippen LogP contribution in [0.4, 0.5) is 0 Å². The van der Waals surface area contributed by atoms with Gasteiger partial charge in [0.15, 0.2) is 5.79 Å². The first-order valence-electron chi connectivity index (χ1n) is 8.80. The highest BCUT2D eigenvalue weighted by Gasteiger charge is 2.46. The molecule has 3 rings (SSSR count). The van der Waals surface area contributed by atoms with Crippen LogP contribution in [-0.2, 0) is 14.2 Å². The molecule has 0 amide bonds. The van der Waals surface area contributed by atoms with Crippen molar-refractivity contribution in [3.63, 3.8) is 0 Å². The molecular weight excluding hydrogens is 308 g/mol. The van der Waals surface area contributed by atoms with Crippen LogP contribution in [0.2, 0.25) is 0 Å². The van der Waals surface area contributed by atoms with E-state index < -0.39 is 11.9 Å². The van der Waals surface area contributed by atoms with E-state index in [1.54, 1.807) is 24.3 Å². The minimum absolute atomic E-state index is 0.0690. The summed E-state index contributed by atoms with van der Waals surface area (Å²) in [5.41, 5.74) is 0.519. The van der Waals surface area contributed by atoms with Crippen molar-refractivity contribution in [2.45, 2.75) is 44.5 Å². The summed E-state index contributed by atoms with van der Waals surface area (Å²) in [6.45, 7) is 3.13. The van der Waals surface area contributed by atoms with Crippen molar-refractivity contribution in [2.75, 3.05) is 19.8 Å². The van der Waals surface area contributed by atoms with Gasteiger partial charge in [-0.3, -0.25) is 0 Å². The van der Waals surface area contributed by atoms with Crippen LogP contribution in [0.1, 0.15) is 43.0 Å². The van der Waals surface area contributed by atoms with E-state index in [0.29, 0.717) is 31.1 Å². The Morgan fingerprint density at radius 2 is 2.04 bits per heavy atom. The van der Waals surface area contributed by atoms with Crippen molar-refractivity contribution in [3.05, 3.63) is 35.9 Å². The Hall–Kier alpha value is -1.43. The summed E-state index contributed by atoms with van der Waals surface area (Å²) >= 11 is 0. The molecule has 2 heterocycles. The van der Waals surface area contributed by atoms with Gasteiger partial charge in [-0.2, -0.15) is 0 Å². The van der Waals surface area contributed by atoms with Gasteiger partial charge >= 0.3 is 5.97 Å². The summed E-state index contributed by atoms with van der Waals surface area (Å²) in [6, 6.07) is 8.93. The number of aliphatic hydroxyl groups excluding tert-OH is 1. The van der Waals surface area contributed by atoms with Gasteiger partial charge in [-0.05, 0) is 24.5 Å². The lowest BCUT2D eigenvalue weighted by molar-refractivity contribution is -0.306. The number of hydrogen-bond acceptors (Lipinski definition) is 5. The zero-order valence-corrected chi connectivity index (χ0v) is 14.1. The molecule has 0 aliphatic carbocycles. The fraction of sp³-hybridized carbons (Fsp3) is 0.632. The van der Waals surface area contributed by atoms with Crippen LogP contribution >= 0.6 is 0 Å². The third-order valence-corrected chi connectivity index (χ3v) is 5.19. The van der Waals surface area contributed by atoms with E-state index in [1.165, 1.54) is 0 Å². The summed E-state index contributed by atoms with van der Waals surface area (Å²) in [7, 11) is 0.